The van der Waals surface area contributed by atoms with Crippen molar-refractivity contribution in [3.63, 3.8) is 0 Å². The second kappa shape index (κ2) is 42.0. The lowest BCUT2D eigenvalue weighted by atomic mass is 10.0. The zero-order valence-electron chi connectivity index (χ0n) is 37.6. The molecule has 6 nitrogen and oxygen atoms in total. The van der Waals surface area contributed by atoms with Crippen LogP contribution in [0.3, 0.4) is 0 Å². The van der Waals surface area contributed by atoms with E-state index >= 15 is 0 Å². The first-order valence-electron chi connectivity index (χ1n) is 24.2. The number of esters is 3. The SMILES string of the molecule is CCCCCCCCCCCCCC(=O)OC[C@@H](COC(=O)CCCCCCCCCCCCC(C)C)OC(=O)CCCCCCCCCCCCC(C)C. The molecule has 55 heavy (non-hydrogen) atoms. The second-order valence-corrected chi connectivity index (χ2v) is 17.7. The summed E-state index contributed by atoms with van der Waals surface area (Å²) in [5.74, 6) is 0.781. The van der Waals surface area contributed by atoms with Gasteiger partial charge in [0.05, 0.1) is 0 Å². The quantitative estimate of drug-likeness (QED) is 0.0348. The van der Waals surface area contributed by atoms with Gasteiger partial charge in [-0.1, -0.05) is 227 Å². The van der Waals surface area contributed by atoms with Gasteiger partial charge in [-0.3, -0.25) is 14.4 Å². The Morgan fingerprint density at radius 1 is 0.345 bits per heavy atom. The molecule has 0 aliphatic rings. The van der Waals surface area contributed by atoms with Crippen LogP contribution >= 0.6 is 0 Å². The molecule has 0 saturated carbocycles. The lowest BCUT2D eigenvalue weighted by molar-refractivity contribution is -0.167. The van der Waals surface area contributed by atoms with E-state index in [9.17, 15) is 14.4 Å². The fourth-order valence-corrected chi connectivity index (χ4v) is 7.28. The molecule has 0 aromatic rings. The Morgan fingerprint density at radius 3 is 0.891 bits per heavy atom. The zero-order chi connectivity index (χ0) is 40.5. The normalized spacial score (nSPS) is 12.1. The topological polar surface area (TPSA) is 78.9 Å². The molecule has 0 saturated heterocycles. The third-order valence-electron chi connectivity index (χ3n) is 11.0. The van der Waals surface area contributed by atoms with E-state index in [2.05, 4.69) is 34.6 Å². The molecule has 326 valence electrons. The highest BCUT2D eigenvalue weighted by molar-refractivity contribution is 5.71. The summed E-state index contributed by atoms with van der Waals surface area (Å²) < 4.78 is 16.8. The lowest BCUT2D eigenvalue weighted by Gasteiger charge is -2.18. The molecule has 0 bridgehead atoms. The van der Waals surface area contributed by atoms with Gasteiger partial charge in [0.15, 0.2) is 6.10 Å². The maximum Gasteiger partial charge on any atom is 0.306 e. The van der Waals surface area contributed by atoms with Gasteiger partial charge < -0.3 is 14.2 Å². The van der Waals surface area contributed by atoms with Crippen LogP contribution in [-0.4, -0.2) is 37.2 Å². The molecular weight excluding hydrogens is 685 g/mol. The minimum Gasteiger partial charge on any atom is -0.462 e. The van der Waals surface area contributed by atoms with Crippen molar-refractivity contribution in [1.29, 1.82) is 0 Å². The van der Waals surface area contributed by atoms with E-state index < -0.39 is 6.10 Å². The fourth-order valence-electron chi connectivity index (χ4n) is 7.28. The van der Waals surface area contributed by atoms with Gasteiger partial charge in [0, 0.05) is 19.3 Å². The Hall–Kier alpha value is -1.59. The minimum atomic E-state index is -0.761. The van der Waals surface area contributed by atoms with Gasteiger partial charge in [-0.15, -0.1) is 0 Å². The van der Waals surface area contributed by atoms with Crippen molar-refractivity contribution in [2.75, 3.05) is 13.2 Å². The van der Waals surface area contributed by atoms with Crippen molar-refractivity contribution in [3.05, 3.63) is 0 Å². The van der Waals surface area contributed by atoms with Crippen molar-refractivity contribution in [1.82, 2.24) is 0 Å². The first-order chi connectivity index (χ1) is 26.7. The molecule has 0 amide bonds. The number of carbonyl (C=O) groups excluding carboxylic acids is 3. The predicted octanol–water partition coefficient (Wildman–Crippen LogP) is 15.4. The van der Waals surface area contributed by atoms with Gasteiger partial charge in [-0.25, -0.2) is 0 Å². The van der Waals surface area contributed by atoms with Gasteiger partial charge in [0.25, 0.3) is 0 Å². The molecule has 0 rings (SSSR count). The van der Waals surface area contributed by atoms with Crippen molar-refractivity contribution in [3.8, 4) is 0 Å². The highest BCUT2D eigenvalue weighted by Gasteiger charge is 2.19. The van der Waals surface area contributed by atoms with Crippen molar-refractivity contribution in [2.45, 2.75) is 272 Å². The molecule has 0 aromatic carbocycles. The van der Waals surface area contributed by atoms with E-state index in [1.54, 1.807) is 0 Å². The summed E-state index contributed by atoms with van der Waals surface area (Å²) >= 11 is 0. The minimum absolute atomic E-state index is 0.0644. The average molecular weight is 779 g/mol. The summed E-state index contributed by atoms with van der Waals surface area (Å²) in [4.78, 5) is 37.8. The van der Waals surface area contributed by atoms with Crippen LogP contribution in [0.15, 0.2) is 0 Å². The molecule has 6 heteroatoms. The first-order valence-corrected chi connectivity index (χ1v) is 24.2. The molecule has 1 atom stereocenters. The van der Waals surface area contributed by atoms with Crippen LogP contribution in [0, 0.1) is 11.8 Å². The number of unbranched alkanes of at least 4 members (excludes halogenated alkanes) is 28. The molecule has 0 heterocycles. The van der Waals surface area contributed by atoms with E-state index in [-0.39, 0.29) is 31.1 Å². The van der Waals surface area contributed by atoms with E-state index in [0.29, 0.717) is 19.3 Å². The van der Waals surface area contributed by atoms with Crippen LogP contribution in [0.4, 0.5) is 0 Å². The summed E-state index contributed by atoms with van der Waals surface area (Å²) in [6.45, 7) is 11.3. The predicted molar refractivity (Wildman–Crippen MR) is 233 cm³/mol. The molecule has 0 N–H and O–H groups in total. The van der Waals surface area contributed by atoms with Gasteiger partial charge in [0.1, 0.15) is 13.2 Å². The maximum atomic E-state index is 12.7. The third-order valence-corrected chi connectivity index (χ3v) is 11.0. The Bertz CT molecular complexity index is 839. The number of carbonyl (C=O) groups is 3. The maximum absolute atomic E-state index is 12.7. The summed E-state index contributed by atoms with van der Waals surface area (Å²) in [5, 5.41) is 0. The number of ether oxygens (including phenoxy) is 3. The molecule has 0 fully saturated rings. The van der Waals surface area contributed by atoms with E-state index in [4.69, 9.17) is 14.2 Å². The second-order valence-electron chi connectivity index (χ2n) is 17.7. The molecule has 0 aromatic heterocycles. The van der Waals surface area contributed by atoms with Crippen LogP contribution < -0.4 is 0 Å². The monoisotopic (exact) mass is 779 g/mol. The molecule has 0 aliphatic carbocycles. The van der Waals surface area contributed by atoms with Crippen molar-refractivity contribution < 1.29 is 28.6 Å². The average Bonchev–Trinajstić information content (AvgIpc) is 3.15. The Kier molecular flexibility index (Phi) is 40.8. The highest BCUT2D eigenvalue weighted by atomic mass is 16.6. The summed E-state index contributed by atoms with van der Waals surface area (Å²) in [5.41, 5.74) is 0. The number of hydrogen-bond acceptors (Lipinski definition) is 6. The van der Waals surface area contributed by atoms with Crippen molar-refractivity contribution >= 4 is 17.9 Å². The molecular formula is C49H94O6. The number of hydrogen-bond donors (Lipinski definition) is 0. The first kappa shape index (κ1) is 53.4. The summed E-state index contributed by atoms with van der Waals surface area (Å²) in [7, 11) is 0. The van der Waals surface area contributed by atoms with Gasteiger partial charge in [0.2, 0.25) is 0 Å². The molecule has 0 spiro atoms. The zero-order valence-corrected chi connectivity index (χ0v) is 37.6. The lowest BCUT2D eigenvalue weighted by Crippen LogP contribution is -2.30. The van der Waals surface area contributed by atoms with Crippen LogP contribution in [0.25, 0.3) is 0 Å². The van der Waals surface area contributed by atoms with Crippen molar-refractivity contribution in [2.24, 2.45) is 11.8 Å². The number of rotatable bonds is 43. The fraction of sp³-hybridized carbons (Fsp3) is 0.939. The summed E-state index contributed by atoms with van der Waals surface area (Å²) in [6, 6.07) is 0. The van der Waals surface area contributed by atoms with Crippen LogP contribution in [0.2, 0.25) is 0 Å². The van der Waals surface area contributed by atoms with Crippen LogP contribution in [0.1, 0.15) is 266 Å². The molecule has 0 radical (unpaired) electrons. The van der Waals surface area contributed by atoms with Crippen LogP contribution in [-0.2, 0) is 28.6 Å². The largest absolute Gasteiger partial charge is 0.462 e. The van der Waals surface area contributed by atoms with E-state index in [0.717, 1.165) is 69.6 Å². The Labute approximate surface area is 342 Å². The molecule has 0 aliphatic heterocycles. The van der Waals surface area contributed by atoms with Crippen LogP contribution in [0.5, 0.6) is 0 Å². The van der Waals surface area contributed by atoms with E-state index in [1.807, 2.05) is 0 Å². The molecule has 0 unspecified atom stereocenters. The third kappa shape index (κ3) is 43.4. The van der Waals surface area contributed by atoms with Gasteiger partial charge >= 0.3 is 17.9 Å². The smallest absolute Gasteiger partial charge is 0.306 e. The van der Waals surface area contributed by atoms with Gasteiger partial charge in [-0.05, 0) is 31.1 Å². The Balaban J connectivity index is 4.33. The highest BCUT2D eigenvalue weighted by Crippen LogP contribution is 2.17. The van der Waals surface area contributed by atoms with E-state index in [1.165, 1.54) is 154 Å². The summed E-state index contributed by atoms with van der Waals surface area (Å²) in [6.07, 6.45) is 40.8. The standard InChI is InChI=1S/C49H94O6/c1-6-7-8-9-10-11-12-19-24-29-34-39-47(50)53-42-46(55-49(52)41-36-31-26-21-16-14-18-23-28-33-38-45(4)5)43-54-48(51)40-35-30-25-20-15-13-17-22-27-32-37-44(2)3/h44-46H,6-43H2,1-5H3/t46-/m0/s1. The van der Waals surface area contributed by atoms with Gasteiger partial charge in [-0.2, -0.15) is 0 Å². The Morgan fingerprint density at radius 2 is 0.600 bits per heavy atom.